The molecule has 2 aromatic rings. The van der Waals surface area contributed by atoms with E-state index in [1.807, 2.05) is 25.1 Å². The van der Waals surface area contributed by atoms with Gasteiger partial charge in [0.15, 0.2) is 0 Å². The largest absolute Gasteiger partial charge is 0.550 e. The summed E-state index contributed by atoms with van der Waals surface area (Å²) in [5.41, 5.74) is 3.12. The van der Waals surface area contributed by atoms with Crippen LogP contribution in [0, 0.1) is 12.8 Å². The van der Waals surface area contributed by atoms with Crippen molar-refractivity contribution in [2.45, 2.75) is 44.6 Å². The number of aromatic nitrogens is 2. The van der Waals surface area contributed by atoms with Crippen LogP contribution in [0.2, 0.25) is 0 Å². The van der Waals surface area contributed by atoms with Crippen molar-refractivity contribution in [3.05, 3.63) is 46.3 Å². The number of hydrogen-bond donors (Lipinski definition) is 2. The molecular formula is C23H27BrN4O3. The van der Waals surface area contributed by atoms with Gasteiger partial charge in [0.25, 0.3) is 0 Å². The molecule has 7 nitrogen and oxygen atoms in total. The molecule has 1 aromatic carbocycles. The summed E-state index contributed by atoms with van der Waals surface area (Å²) >= 11 is 3.63. The van der Waals surface area contributed by atoms with E-state index < -0.39 is 5.97 Å². The van der Waals surface area contributed by atoms with Gasteiger partial charge in [0.1, 0.15) is 11.9 Å². The molecule has 1 unspecified atom stereocenters. The predicted molar refractivity (Wildman–Crippen MR) is 117 cm³/mol. The molecule has 31 heavy (non-hydrogen) atoms. The zero-order chi connectivity index (χ0) is 22.0. The average molecular weight is 487 g/mol. The van der Waals surface area contributed by atoms with Crippen molar-refractivity contribution in [3.8, 4) is 11.3 Å². The molecule has 3 saturated heterocycles. The third kappa shape index (κ3) is 5.13. The fourth-order valence-corrected chi connectivity index (χ4v) is 5.50. The monoisotopic (exact) mass is 486 g/mol. The first-order chi connectivity index (χ1) is 14.9. The number of nitrogens with one attached hydrogen (secondary N) is 2. The number of hydrogen-bond acceptors (Lipinski definition) is 5. The van der Waals surface area contributed by atoms with Gasteiger partial charge in [0.2, 0.25) is 5.91 Å². The van der Waals surface area contributed by atoms with Crippen LogP contribution < -0.4 is 15.3 Å². The number of carbonyl (C=O) groups excluding carboxylic acids is 2. The number of aryl methyl sites for hydroxylation is 1. The number of carboxylic acids is 1. The summed E-state index contributed by atoms with van der Waals surface area (Å²) < 4.78 is 1.02. The molecule has 0 saturated carbocycles. The van der Waals surface area contributed by atoms with Crippen LogP contribution in [0.5, 0.6) is 0 Å². The molecule has 3 aliphatic heterocycles. The Morgan fingerprint density at radius 3 is 2.77 bits per heavy atom. The van der Waals surface area contributed by atoms with Gasteiger partial charge in [0.05, 0.1) is 36.9 Å². The van der Waals surface area contributed by atoms with Crippen LogP contribution in [0.1, 0.15) is 43.1 Å². The molecule has 4 atom stereocenters. The molecule has 1 aromatic heterocycles. The highest BCUT2D eigenvalue weighted by molar-refractivity contribution is 9.10. The third-order valence-corrected chi connectivity index (χ3v) is 7.23. The number of amides is 1. The first kappa shape index (κ1) is 21.9. The average Bonchev–Trinajstić information content (AvgIpc) is 2.76. The Balaban J connectivity index is 1.44. The van der Waals surface area contributed by atoms with Crippen LogP contribution in [0.3, 0.4) is 0 Å². The van der Waals surface area contributed by atoms with Gasteiger partial charge in [-0.3, -0.25) is 4.79 Å². The normalized spacial score (nSPS) is 24.7. The van der Waals surface area contributed by atoms with E-state index in [4.69, 9.17) is 4.98 Å². The molecule has 1 amide bonds. The van der Waals surface area contributed by atoms with E-state index in [1.54, 1.807) is 0 Å². The Bertz CT molecular complexity index is 983. The van der Waals surface area contributed by atoms with Gasteiger partial charge in [-0.25, -0.2) is 9.97 Å². The highest BCUT2D eigenvalue weighted by Gasteiger charge is 2.44. The lowest BCUT2D eigenvalue weighted by molar-refractivity contribution is -0.942. The van der Waals surface area contributed by atoms with Crippen molar-refractivity contribution >= 4 is 27.8 Å². The van der Waals surface area contributed by atoms with Crippen LogP contribution >= 0.6 is 15.9 Å². The number of piperidine rings is 3. The van der Waals surface area contributed by atoms with Crippen LogP contribution in [0.25, 0.3) is 11.3 Å². The quantitative estimate of drug-likeness (QED) is 0.597. The van der Waals surface area contributed by atoms with Gasteiger partial charge in [-0.15, -0.1) is 0 Å². The summed E-state index contributed by atoms with van der Waals surface area (Å²) in [6.45, 7) is 4.64. The topological polar surface area (TPSA) is 99.5 Å². The fraction of sp³-hybridized carbons (Fsp3) is 0.478. The van der Waals surface area contributed by atoms with E-state index >= 15 is 0 Å². The first-order valence-corrected chi connectivity index (χ1v) is 11.6. The molecular weight excluding hydrogens is 460 g/mol. The third-order valence-electron chi connectivity index (χ3n) is 6.54. The molecule has 0 radical (unpaired) electrons. The Morgan fingerprint density at radius 1 is 1.26 bits per heavy atom. The Kier molecular flexibility index (Phi) is 6.67. The van der Waals surface area contributed by atoms with Crippen molar-refractivity contribution in [1.82, 2.24) is 15.3 Å². The Labute approximate surface area is 190 Å². The second kappa shape index (κ2) is 9.44. The van der Waals surface area contributed by atoms with Gasteiger partial charge in [0, 0.05) is 35.3 Å². The number of rotatable bonds is 7. The van der Waals surface area contributed by atoms with Crippen molar-refractivity contribution in [1.29, 1.82) is 0 Å². The zero-order valence-electron chi connectivity index (χ0n) is 17.6. The lowest BCUT2D eigenvalue weighted by atomic mass is 9.74. The van der Waals surface area contributed by atoms with Crippen molar-refractivity contribution < 1.29 is 19.6 Å². The minimum atomic E-state index is -1.19. The van der Waals surface area contributed by atoms with E-state index in [-0.39, 0.29) is 18.7 Å². The predicted octanol–water partition coefficient (Wildman–Crippen LogP) is 0.622. The van der Waals surface area contributed by atoms with Gasteiger partial charge < -0.3 is 20.1 Å². The molecule has 2 bridgehead atoms. The van der Waals surface area contributed by atoms with Crippen LogP contribution in [-0.2, 0) is 9.59 Å². The molecule has 3 aliphatic rings. The summed E-state index contributed by atoms with van der Waals surface area (Å²) in [5, 5.41) is 13.4. The molecule has 8 heteroatoms. The van der Waals surface area contributed by atoms with Crippen LogP contribution in [0.15, 0.2) is 34.8 Å². The number of quaternary nitrogens is 1. The number of nitrogens with zero attached hydrogens (tertiary/aromatic N) is 2. The van der Waals surface area contributed by atoms with Gasteiger partial charge >= 0.3 is 0 Å². The summed E-state index contributed by atoms with van der Waals surface area (Å²) in [6, 6.07) is 10.6. The molecule has 0 aliphatic carbocycles. The molecule has 0 spiro atoms. The standard InChI is InChI=1S/C23H27BrN4O3/c1-14-26-20(17-4-2-3-5-19(17)24)11-21(27-14)18-13-28-9-8-15(18)10-16(28)12-25-22(29)6-7-23(30)31/h2-5,11,15-16,18H,6-10,12-13H2,1H3,(H,25,29)(H,30,31)/t15-,16+,18-/m0/s1. The maximum absolute atomic E-state index is 11.9. The highest BCUT2D eigenvalue weighted by Crippen LogP contribution is 2.35. The SMILES string of the molecule is Cc1nc(-c2ccccc2Br)cc([C@H]2C[NH+]3CC[C@H]2C[C@@H]3CNC(=O)CCC(=O)[O-])n1. The smallest absolute Gasteiger partial charge is 0.220 e. The van der Waals surface area contributed by atoms with Crippen LogP contribution in [0.4, 0.5) is 0 Å². The summed E-state index contributed by atoms with van der Waals surface area (Å²) in [4.78, 5) is 33.4. The molecule has 3 fully saturated rings. The maximum atomic E-state index is 11.9. The fourth-order valence-electron chi connectivity index (χ4n) is 5.01. The maximum Gasteiger partial charge on any atom is 0.220 e. The highest BCUT2D eigenvalue weighted by atomic mass is 79.9. The number of carboxylic acid groups (broad SMARTS) is 1. The van der Waals surface area contributed by atoms with E-state index in [9.17, 15) is 14.7 Å². The van der Waals surface area contributed by atoms with Crippen molar-refractivity contribution in [2.75, 3.05) is 19.6 Å². The number of halogens is 1. The number of aliphatic carboxylic acids is 1. The van der Waals surface area contributed by atoms with Gasteiger partial charge in [-0.2, -0.15) is 0 Å². The van der Waals surface area contributed by atoms with Crippen LogP contribution in [-0.4, -0.2) is 47.5 Å². The second-order valence-corrected chi connectivity index (χ2v) is 9.44. The van der Waals surface area contributed by atoms with Crippen molar-refractivity contribution in [3.63, 3.8) is 0 Å². The van der Waals surface area contributed by atoms with E-state index in [0.717, 1.165) is 53.2 Å². The van der Waals surface area contributed by atoms with E-state index in [0.29, 0.717) is 24.4 Å². The summed E-state index contributed by atoms with van der Waals surface area (Å²) in [6.07, 6.45) is 1.94. The van der Waals surface area contributed by atoms with E-state index in [2.05, 4.69) is 38.4 Å². The zero-order valence-corrected chi connectivity index (χ0v) is 19.2. The molecule has 2 N–H and O–H groups in total. The van der Waals surface area contributed by atoms with Crippen molar-refractivity contribution in [2.24, 2.45) is 5.92 Å². The lowest BCUT2D eigenvalue weighted by Crippen LogP contribution is -3.20. The summed E-state index contributed by atoms with van der Waals surface area (Å²) in [5.74, 6) is 0.297. The molecule has 164 valence electrons. The summed E-state index contributed by atoms with van der Waals surface area (Å²) in [7, 11) is 0. The van der Waals surface area contributed by atoms with E-state index in [1.165, 1.54) is 4.90 Å². The lowest BCUT2D eigenvalue weighted by Gasteiger charge is -2.46. The molecule has 5 rings (SSSR count). The number of fused-ring (bicyclic) bond motifs is 3. The number of benzene rings is 1. The van der Waals surface area contributed by atoms with Gasteiger partial charge in [-0.05, 0) is 31.4 Å². The number of carbonyl (C=O) groups is 2. The molecule has 4 heterocycles. The minimum absolute atomic E-state index is 0.0194. The minimum Gasteiger partial charge on any atom is -0.550 e. The Morgan fingerprint density at radius 2 is 2.06 bits per heavy atom. The first-order valence-electron chi connectivity index (χ1n) is 10.8. The Hall–Kier alpha value is -2.32. The van der Waals surface area contributed by atoms with Gasteiger partial charge in [-0.1, -0.05) is 34.1 Å². The second-order valence-electron chi connectivity index (χ2n) is 8.58.